The number of rotatable bonds is 5. The number of carboxylic acid groups (broad SMARTS) is 1. The SMILES string of the molecule is Cc1cc(OCC(=O)Nc2sc(C)c(C)c2C(=O)O)no1. The summed E-state index contributed by atoms with van der Waals surface area (Å²) in [7, 11) is 0. The molecule has 2 N–H and O–H groups in total. The van der Waals surface area contributed by atoms with E-state index in [1.807, 2.05) is 0 Å². The summed E-state index contributed by atoms with van der Waals surface area (Å²) in [6.45, 7) is 4.94. The lowest BCUT2D eigenvalue weighted by Crippen LogP contribution is -2.20. The molecule has 0 aliphatic carbocycles. The molecule has 1 amide bonds. The molecule has 0 bridgehead atoms. The van der Waals surface area contributed by atoms with Crippen molar-refractivity contribution in [1.29, 1.82) is 0 Å². The van der Waals surface area contributed by atoms with Gasteiger partial charge in [0, 0.05) is 10.9 Å². The van der Waals surface area contributed by atoms with Gasteiger partial charge in [-0.1, -0.05) is 0 Å². The van der Waals surface area contributed by atoms with Crippen molar-refractivity contribution in [3.8, 4) is 5.88 Å². The van der Waals surface area contributed by atoms with Gasteiger partial charge in [0.2, 0.25) is 0 Å². The Morgan fingerprint density at radius 3 is 2.71 bits per heavy atom. The fourth-order valence-electron chi connectivity index (χ4n) is 1.69. The Morgan fingerprint density at radius 1 is 1.43 bits per heavy atom. The molecule has 2 rings (SSSR count). The summed E-state index contributed by atoms with van der Waals surface area (Å²) in [4.78, 5) is 23.9. The van der Waals surface area contributed by atoms with E-state index in [0.29, 0.717) is 16.3 Å². The van der Waals surface area contributed by atoms with Crippen LogP contribution >= 0.6 is 11.3 Å². The van der Waals surface area contributed by atoms with Crippen molar-refractivity contribution >= 4 is 28.2 Å². The first-order chi connectivity index (χ1) is 9.88. The van der Waals surface area contributed by atoms with Crippen LogP contribution in [0.4, 0.5) is 5.00 Å². The van der Waals surface area contributed by atoms with Crippen LogP contribution in [0.25, 0.3) is 0 Å². The number of aromatic nitrogens is 1. The molecule has 2 heterocycles. The van der Waals surface area contributed by atoms with Crippen LogP contribution in [0, 0.1) is 20.8 Å². The highest BCUT2D eigenvalue weighted by Gasteiger charge is 2.20. The number of amides is 1. The van der Waals surface area contributed by atoms with E-state index in [1.54, 1.807) is 26.8 Å². The molecule has 0 aliphatic heterocycles. The fourth-order valence-corrected chi connectivity index (χ4v) is 2.75. The number of ether oxygens (including phenoxy) is 1. The highest BCUT2D eigenvalue weighted by atomic mass is 32.1. The number of carboxylic acids is 1. The topological polar surface area (TPSA) is 102 Å². The first-order valence-electron chi connectivity index (χ1n) is 6.07. The number of nitrogens with one attached hydrogen (secondary N) is 1. The summed E-state index contributed by atoms with van der Waals surface area (Å²) < 4.78 is 9.94. The molecule has 0 saturated carbocycles. The number of carbonyl (C=O) groups is 2. The van der Waals surface area contributed by atoms with Crippen LogP contribution in [0.1, 0.15) is 26.6 Å². The molecule has 0 radical (unpaired) electrons. The molecule has 0 fully saturated rings. The van der Waals surface area contributed by atoms with Crippen molar-refractivity contribution in [3.63, 3.8) is 0 Å². The second-order valence-electron chi connectivity index (χ2n) is 4.41. The van der Waals surface area contributed by atoms with Gasteiger partial charge in [0.1, 0.15) is 10.8 Å². The van der Waals surface area contributed by atoms with Crippen LogP contribution in [0.5, 0.6) is 5.88 Å². The molecule has 0 unspecified atom stereocenters. The van der Waals surface area contributed by atoms with Gasteiger partial charge in [-0.3, -0.25) is 4.79 Å². The van der Waals surface area contributed by atoms with Gasteiger partial charge < -0.3 is 19.7 Å². The molecule has 7 nitrogen and oxygen atoms in total. The Morgan fingerprint density at radius 2 is 2.14 bits per heavy atom. The number of aromatic carboxylic acids is 1. The van der Waals surface area contributed by atoms with E-state index in [2.05, 4.69) is 10.5 Å². The molecular weight excluding hydrogens is 296 g/mol. The lowest BCUT2D eigenvalue weighted by molar-refractivity contribution is -0.118. The highest BCUT2D eigenvalue weighted by molar-refractivity contribution is 7.16. The molecule has 0 aliphatic rings. The summed E-state index contributed by atoms with van der Waals surface area (Å²) in [6, 6.07) is 1.55. The summed E-state index contributed by atoms with van der Waals surface area (Å²) in [5, 5.41) is 15.6. The second-order valence-corrected chi connectivity index (χ2v) is 5.63. The van der Waals surface area contributed by atoms with Crippen LogP contribution in [-0.2, 0) is 4.79 Å². The summed E-state index contributed by atoms with van der Waals surface area (Å²) in [5.41, 5.74) is 0.763. The van der Waals surface area contributed by atoms with Gasteiger partial charge in [-0.05, 0) is 31.5 Å². The van der Waals surface area contributed by atoms with Crippen LogP contribution in [0.15, 0.2) is 10.6 Å². The summed E-state index contributed by atoms with van der Waals surface area (Å²) in [5.74, 6) is -0.748. The van der Waals surface area contributed by atoms with Crippen LogP contribution in [0.3, 0.4) is 0 Å². The zero-order chi connectivity index (χ0) is 15.6. The summed E-state index contributed by atoms with van der Waals surface area (Å²) in [6.07, 6.45) is 0. The number of hydrogen-bond acceptors (Lipinski definition) is 6. The minimum absolute atomic E-state index is 0.114. The predicted octanol–water partition coefficient (Wildman–Crippen LogP) is 2.38. The van der Waals surface area contributed by atoms with Crippen LogP contribution in [-0.4, -0.2) is 28.7 Å². The number of hydrogen-bond donors (Lipinski definition) is 2. The minimum atomic E-state index is -1.07. The normalized spacial score (nSPS) is 10.4. The van der Waals surface area contributed by atoms with E-state index < -0.39 is 11.9 Å². The Balaban J connectivity index is 2.03. The molecule has 0 saturated heterocycles. The second kappa shape index (κ2) is 5.96. The Bertz CT molecular complexity index is 689. The third-order valence-corrected chi connectivity index (χ3v) is 3.93. The van der Waals surface area contributed by atoms with Gasteiger partial charge in [0.05, 0.1) is 5.56 Å². The fraction of sp³-hybridized carbons (Fsp3) is 0.308. The van der Waals surface area contributed by atoms with E-state index in [4.69, 9.17) is 9.26 Å². The van der Waals surface area contributed by atoms with Gasteiger partial charge in [0.15, 0.2) is 6.61 Å². The highest BCUT2D eigenvalue weighted by Crippen LogP contribution is 2.32. The van der Waals surface area contributed by atoms with E-state index in [1.165, 1.54) is 11.3 Å². The minimum Gasteiger partial charge on any atom is -0.478 e. The average molecular weight is 310 g/mol. The van der Waals surface area contributed by atoms with Gasteiger partial charge >= 0.3 is 5.97 Å². The van der Waals surface area contributed by atoms with Crippen molar-refractivity contribution < 1.29 is 24.0 Å². The lowest BCUT2D eigenvalue weighted by Gasteiger charge is -2.04. The Kier molecular flexibility index (Phi) is 4.27. The predicted molar refractivity (Wildman–Crippen MR) is 76.1 cm³/mol. The van der Waals surface area contributed by atoms with Crippen LogP contribution in [0.2, 0.25) is 0 Å². The molecule has 2 aromatic heterocycles. The Hall–Kier alpha value is -2.35. The summed E-state index contributed by atoms with van der Waals surface area (Å²) >= 11 is 1.22. The van der Waals surface area contributed by atoms with Crippen molar-refractivity contribution in [2.24, 2.45) is 0 Å². The van der Waals surface area contributed by atoms with E-state index in [-0.39, 0.29) is 18.1 Å². The van der Waals surface area contributed by atoms with E-state index >= 15 is 0 Å². The monoisotopic (exact) mass is 310 g/mol. The molecule has 2 aromatic rings. The Labute approximate surface area is 124 Å². The molecule has 8 heteroatoms. The van der Waals surface area contributed by atoms with Crippen LogP contribution < -0.4 is 10.1 Å². The van der Waals surface area contributed by atoms with Crippen molar-refractivity contribution in [2.75, 3.05) is 11.9 Å². The standard InChI is InChI=1S/C13H14N2O5S/c1-6-4-10(15-20-6)19-5-9(16)14-12-11(13(17)18)7(2)8(3)21-12/h4H,5H2,1-3H3,(H,14,16)(H,17,18). The molecule has 112 valence electrons. The zero-order valence-electron chi connectivity index (χ0n) is 11.7. The maximum atomic E-state index is 11.8. The molecule has 0 spiro atoms. The molecular formula is C13H14N2O5S. The van der Waals surface area contributed by atoms with Crippen molar-refractivity contribution in [2.45, 2.75) is 20.8 Å². The van der Waals surface area contributed by atoms with Gasteiger partial charge in [0.25, 0.3) is 11.8 Å². The first kappa shape index (κ1) is 15.0. The maximum absolute atomic E-state index is 11.8. The smallest absolute Gasteiger partial charge is 0.338 e. The molecule has 0 aromatic carbocycles. The molecule has 21 heavy (non-hydrogen) atoms. The number of aryl methyl sites for hydroxylation is 2. The van der Waals surface area contributed by atoms with Crippen molar-refractivity contribution in [1.82, 2.24) is 5.16 Å². The van der Waals surface area contributed by atoms with Crippen molar-refractivity contribution in [3.05, 3.63) is 27.8 Å². The van der Waals surface area contributed by atoms with Gasteiger partial charge in [-0.15, -0.1) is 11.3 Å². The maximum Gasteiger partial charge on any atom is 0.338 e. The zero-order valence-corrected chi connectivity index (χ0v) is 12.5. The van der Waals surface area contributed by atoms with Gasteiger partial charge in [-0.25, -0.2) is 4.79 Å². The average Bonchev–Trinajstić information content (AvgIpc) is 2.92. The number of nitrogens with zero attached hydrogens (tertiary/aromatic N) is 1. The van der Waals surface area contributed by atoms with Gasteiger partial charge in [-0.2, -0.15) is 0 Å². The number of thiophene rings is 1. The largest absolute Gasteiger partial charge is 0.478 e. The quantitative estimate of drug-likeness (QED) is 0.879. The third kappa shape index (κ3) is 3.40. The lowest BCUT2D eigenvalue weighted by atomic mass is 10.1. The first-order valence-corrected chi connectivity index (χ1v) is 6.89. The van der Waals surface area contributed by atoms with E-state index in [9.17, 15) is 14.7 Å². The number of carbonyl (C=O) groups excluding carboxylic acids is 1. The third-order valence-electron chi connectivity index (χ3n) is 2.81. The number of anilines is 1. The van der Waals surface area contributed by atoms with E-state index in [0.717, 1.165) is 4.88 Å². The molecule has 0 atom stereocenters.